The van der Waals surface area contributed by atoms with E-state index < -0.39 is 0 Å². The van der Waals surface area contributed by atoms with E-state index in [1.165, 1.54) is 18.5 Å². The van der Waals surface area contributed by atoms with Crippen molar-refractivity contribution in [2.75, 3.05) is 14.2 Å². The van der Waals surface area contributed by atoms with Crippen molar-refractivity contribution >= 4 is 21.9 Å². The summed E-state index contributed by atoms with van der Waals surface area (Å²) in [4.78, 5) is 18.2. The predicted octanol–water partition coefficient (Wildman–Crippen LogP) is 4.60. The van der Waals surface area contributed by atoms with Crippen molar-refractivity contribution in [1.82, 2.24) is 14.1 Å². The quantitative estimate of drug-likeness (QED) is 0.385. The minimum atomic E-state index is -0.372. The molecule has 0 bridgehead atoms. The van der Waals surface area contributed by atoms with E-state index in [9.17, 15) is 9.18 Å². The highest BCUT2D eigenvalue weighted by molar-refractivity contribution is 6.05. The number of aromatic nitrogens is 3. The molecule has 5 aromatic rings. The molecule has 0 amide bonds. The first-order valence-electron chi connectivity index (χ1n) is 10.5. The molecule has 0 aliphatic rings. The highest BCUT2D eigenvalue weighted by atomic mass is 19.1. The molecule has 0 aliphatic heterocycles. The number of ether oxygens (including phenoxy) is 2. The summed E-state index contributed by atoms with van der Waals surface area (Å²) in [6, 6.07) is 19.7. The van der Waals surface area contributed by atoms with Gasteiger partial charge in [0.05, 0.1) is 32.6 Å². The number of benzene rings is 3. The lowest BCUT2D eigenvalue weighted by Gasteiger charge is -2.12. The lowest BCUT2D eigenvalue weighted by molar-refractivity contribution is 0.408. The maximum absolute atomic E-state index is 14.1. The molecule has 0 unspecified atom stereocenters. The maximum Gasteiger partial charge on any atom is 0.278 e. The van der Waals surface area contributed by atoms with Gasteiger partial charge in [0.15, 0.2) is 0 Å². The first kappa shape index (κ1) is 20.8. The van der Waals surface area contributed by atoms with Crippen LogP contribution in [0.15, 0.2) is 77.9 Å². The molecular weight excluding hydrogens is 421 g/mol. The van der Waals surface area contributed by atoms with Crippen LogP contribution in [0.4, 0.5) is 4.39 Å². The topological polar surface area (TPSA) is 58.3 Å². The Morgan fingerprint density at radius 1 is 0.939 bits per heavy atom. The van der Waals surface area contributed by atoms with Crippen molar-refractivity contribution in [2.45, 2.75) is 13.1 Å². The molecular formula is C26H22FN3O3. The second-order valence-corrected chi connectivity index (χ2v) is 7.79. The average molecular weight is 443 g/mol. The molecule has 3 aromatic carbocycles. The highest BCUT2D eigenvalue weighted by Gasteiger charge is 2.18. The van der Waals surface area contributed by atoms with E-state index in [0.29, 0.717) is 35.3 Å². The summed E-state index contributed by atoms with van der Waals surface area (Å²) in [7, 11) is 3.21. The van der Waals surface area contributed by atoms with Gasteiger partial charge in [0.25, 0.3) is 5.56 Å². The summed E-state index contributed by atoms with van der Waals surface area (Å²) in [5.74, 6) is 1.05. The Balaban J connectivity index is 1.71. The molecule has 0 spiro atoms. The Hall–Kier alpha value is -4.13. The zero-order valence-corrected chi connectivity index (χ0v) is 18.3. The zero-order valence-electron chi connectivity index (χ0n) is 18.3. The van der Waals surface area contributed by atoms with Crippen LogP contribution in [0.3, 0.4) is 0 Å². The fourth-order valence-electron chi connectivity index (χ4n) is 4.22. The summed E-state index contributed by atoms with van der Waals surface area (Å²) < 4.78 is 28.3. The van der Waals surface area contributed by atoms with Gasteiger partial charge in [0, 0.05) is 17.5 Å². The van der Waals surface area contributed by atoms with Gasteiger partial charge in [-0.2, -0.15) is 0 Å². The molecule has 33 heavy (non-hydrogen) atoms. The zero-order chi connectivity index (χ0) is 22.9. The Morgan fingerprint density at radius 3 is 2.61 bits per heavy atom. The largest absolute Gasteiger partial charge is 0.497 e. The van der Waals surface area contributed by atoms with Gasteiger partial charge in [-0.25, -0.2) is 9.37 Å². The van der Waals surface area contributed by atoms with Crippen molar-refractivity contribution in [3.63, 3.8) is 0 Å². The number of fused-ring (bicyclic) bond motifs is 3. The minimum absolute atomic E-state index is 0.203. The van der Waals surface area contributed by atoms with E-state index in [-0.39, 0.29) is 11.4 Å². The van der Waals surface area contributed by atoms with Crippen LogP contribution in [-0.4, -0.2) is 28.3 Å². The van der Waals surface area contributed by atoms with Crippen molar-refractivity contribution in [3.8, 4) is 11.5 Å². The average Bonchev–Trinajstić information content (AvgIpc) is 3.14. The smallest absolute Gasteiger partial charge is 0.278 e. The molecule has 0 saturated heterocycles. The summed E-state index contributed by atoms with van der Waals surface area (Å²) in [5, 5.41) is 0.606. The van der Waals surface area contributed by atoms with E-state index in [4.69, 9.17) is 9.47 Å². The molecule has 0 saturated carbocycles. The lowest BCUT2D eigenvalue weighted by atomic mass is 10.2. The lowest BCUT2D eigenvalue weighted by Crippen LogP contribution is -2.23. The fourth-order valence-corrected chi connectivity index (χ4v) is 4.22. The Morgan fingerprint density at radius 2 is 1.79 bits per heavy atom. The van der Waals surface area contributed by atoms with Crippen molar-refractivity contribution in [3.05, 3.63) is 100 Å². The molecule has 2 aromatic heterocycles. The standard InChI is InChI=1S/C26H22FN3O3/c1-32-20-8-5-6-17(12-20)14-30-22-11-10-19(27)13-21(22)24-25(30)26(31)29(16-28-24)15-18-7-3-4-9-23(18)33-2/h3-13,16H,14-15H2,1-2H3. The number of hydrogen-bond donors (Lipinski definition) is 0. The van der Waals surface area contributed by atoms with Gasteiger partial charge in [-0.1, -0.05) is 30.3 Å². The second-order valence-electron chi connectivity index (χ2n) is 7.79. The van der Waals surface area contributed by atoms with Crippen molar-refractivity contribution in [1.29, 1.82) is 0 Å². The fraction of sp³-hybridized carbons (Fsp3) is 0.154. The van der Waals surface area contributed by atoms with E-state index in [0.717, 1.165) is 22.4 Å². The summed E-state index contributed by atoms with van der Waals surface area (Å²) >= 11 is 0. The summed E-state index contributed by atoms with van der Waals surface area (Å²) in [5.41, 5.74) is 3.27. The number of methoxy groups -OCH3 is 2. The van der Waals surface area contributed by atoms with Crippen LogP contribution >= 0.6 is 0 Å². The molecule has 0 fully saturated rings. The van der Waals surface area contributed by atoms with Crippen LogP contribution in [0, 0.1) is 5.82 Å². The first-order valence-corrected chi connectivity index (χ1v) is 10.5. The molecule has 0 N–H and O–H groups in total. The van der Waals surface area contributed by atoms with Crippen LogP contribution in [-0.2, 0) is 13.1 Å². The van der Waals surface area contributed by atoms with Gasteiger partial charge in [-0.15, -0.1) is 0 Å². The normalized spacial score (nSPS) is 11.2. The van der Waals surface area contributed by atoms with Gasteiger partial charge in [0.2, 0.25) is 0 Å². The number of halogens is 1. The van der Waals surface area contributed by atoms with Crippen LogP contribution in [0.1, 0.15) is 11.1 Å². The van der Waals surface area contributed by atoms with Crippen molar-refractivity contribution < 1.29 is 13.9 Å². The van der Waals surface area contributed by atoms with Crippen LogP contribution < -0.4 is 15.0 Å². The summed E-state index contributed by atoms with van der Waals surface area (Å²) in [6.45, 7) is 0.721. The number of para-hydroxylation sites is 1. The van der Waals surface area contributed by atoms with Gasteiger partial charge >= 0.3 is 0 Å². The van der Waals surface area contributed by atoms with Crippen LogP contribution in [0.2, 0.25) is 0 Å². The number of nitrogens with zero attached hydrogens (tertiary/aromatic N) is 3. The molecule has 5 rings (SSSR count). The van der Waals surface area contributed by atoms with E-state index in [2.05, 4.69) is 4.98 Å². The third kappa shape index (κ3) is 3.71. The molecule has 6 nitrogen and oxygen atoms in total. The van der Waals surface area contributed by atoms with E-state index in [1.807, 2.05) is 53.1 Å². The Labute approximate surface area is 189 Å². The predicted molar refractivity (Wildman–Crippen MR) is 126 cm³/mol. The molecule has 7 heteroatoms. The third-order valence-corrected chi connectivity index (χ3v) is 5.80. The van der Waals surface area contributed by atoms with Gasteiger partial charge in [-0.3, -0.25) is 9.36 Å². The summed E-state index contributed by atoms with van der Waals surface area (Å²) in [6.07, 6.45) is 1.51. The third-order valence-electron chi connectivity index (χ3n) is 5.80. The molecule has 0 atom stereocenters. The van der Waals surface area contributed by atoms with E-state index >= 15 is 0 Å². The molecule has 166 valence electrons. The second kappa shape index (κ2) is 8.43. The van der Waals surface area contributed by atoms with Crippen LogP contribution in [0.25, 0.3) is 21.9 Å². The van der Waals surface area contributed by atoms with Gasteiger partial charge < -0.3 is 14.0 Å². The van der Waals surface area contributed by atoms with Crippen molar-refractivity contribution in [2.24, 2.45) is 0 Å². The molecule has 0 aliphatic carbocycles. The maximum atomic E-state index is 14.1. The number of rotatable bonds is 6. The Bertz CT molecular complexity index is 1540. The Kier molecular flexibility index (Phi) is 5.30. The highest BCUT2D eigenvalue weighted by Crippen LogP contribution is 2.28. The van der Waals surface area contributed by atoms with Crippen LogP contribution in [0.5, 0.6) is 11.5 Å². The first-order chi connectivity index (χ1) is 16.1. The molecule has 0 radical (unpaired) electrons. The minimum Gasteiger partial charge on any atom is -0.497 e. The van der Waals surface area contributed by atoms with Gasteiger partial charge in [0.1, 0.15) is 28.3 Å². The molecule has 2 heterocycles. The van der Waals surface area contributed by atoms with Gasteiger partial charge in [-0.05, 0) is 42.0 Å². The number of hydrogen-bond acceptors (Lipinski definition) is 4. The van der Waals surface area contributed by atoms with E-state index in [1.54, 1.807) is 24.9 Å². The SMILES string of the molecule is COc1cccc(Cn2c3ccc(F)cc3c3ncn(Cc4ccccc4OC)c(=O)c32)c1. The monoisotopic (exact) mass is 443 g/mol.